The van der Waals surface area contributed by atoms with Crippen molar-refractivity contribution in [1.82, 2.24) is 0 Å². The highest BCUT2D eigenvalue weighted by Gasteiger charge is 2.42. The van der Waals surface area contributed by atoms with E-state index < -0.39 is 0 Å². The number of hydrogen-bond donors (Lipinski definition) is 1. The first-order valence-electron chi connectivity index (χ1n) is 4.59. The van der Waals surface area contributed by atoms with E-state index in [0.717, 1.165) is 32.5 Å². The normalized spacial score (nSPS) is 36.3. The molecule has 0 aromatic rings. The van der Waals surface area contributed by atoms with Crippen LogP contribution in [0.1, 0.15) is 32.1 Å². The molecular formula is C9H16O2. The number of ether oxygens (including phenoxy) is 1. The molecule has 1 unspecified atom stereocenters. The summed E-state index contributed by atoms with van der Waals surface area (Å²) < 4.78 is 5.29. The Hall–Kier alpha value is -0.0800. The molecule has 11 heavy (non-hydrogen) atoms. The Morgan fingerprint density at radius 3 is 2.45 bits per heavy atom. The first-order chi connectivity index (χ1) is 5.33. The molecule has 0 radical (unpaired) electrons. The fourth-order valence-corrected chi connectivity index (χ4v) is 2.48. The van der Waals surface area contributed by atoms with Crippen LogP contribution in [-0.4, -0.2) is 24.4 Å². The molecule has 1 heterocycles. The molecule has 0 aromatic heterocycles. The summed E-state index contributed by atoms with van der Waals surface area (Å²) in [6, 6.07) is 0. The maximum absolute atomic E-state index is 9.75. The summed E-state index contributed by atoms with van der Waals surface area (Å²) in [5.41, 5.74) is 0.262. The van der Waals surface area contributed by atoms with Crippen LogP contribution in [-0.2, 0) is 4.74 Å². The second-order valence-electron chi connectivity index (χ2n) is 3.88. The number of aliphatic hydroxyl groups excluding tert-OH is 1. The Balaban J connectivity index is 2.06. The van der Waals surface area contributed by atoms with Gasteiger partial charge < -0.3 is 9.84 Å². The van der Waals surface area contributed by atoms with Crippen molar-refractivity contribution in [3.8, 4) is 0 Å². The van der Waals surface area contributed by atoms with Crippen molar-refractivity contribution in [2.24, 2.45) is 5.41 Å². The van der Waals surface area contributed by atoms with E-state index in [4.69, 9.17) is 4.74 Å². The summed E-state index contributed by atoms with van der Waals surface area (Å²) in [5.74, 6) is 0. The lowest BCUT2D eigenvalue weighted by molar-refractivity contribution is -0.0437. The second-order valence-corrected chi connectivity index (χ2v) is 3.88. The molecule has 1 aliphatic heterocycles. The van der Waals surface area contributed by atoms with Gasteiger partial charge in [-0.05, 0) is 25.7 Å². The van der Waals surface area contributed by atoms with Gasteiger partial charge in [0.05, 0.1) is 6.10 Å². The van der Waals surface area contributed by atoms with E-state index in [0.29, 0.717) is 0 Å². The molecule has 1 spiro atoms. The third-order valence-corrected chi connectivity index (χ3v) is 3.35. The van der Waals surface area contributed by atoms with Crippen molar-refractivity contribution in [3.63, 3.8) is 0 Å². The Morgan fingerprint density at radius 2 is 1.91 bits per heavy atom. The van der Waals surface area contributed by atoms with E-state index in [2.05, 4.69) is 0 Å². The highest BCUT2D eigenvalue weighted by Crippen LogP contribution is 2.45. The van der Waals surface area contributed by atoms with Gasteiger partial charge in [-0.2, -0.15) is 0 Å². The predicted molar refractivity (Wildman–Crippen MR) is 42.3 cm³/mol. The zero-order valence-electron chi connectivity index (χ0n) is 6.88. The average molecular weight is 156 g/mol. The summed E-state index contributed by atoms with van der Waals surface area (Å²) >= 11 is 0. The van der Waals surface area contributed by atoms with Gasteiger partial charge in [0.25, 0.3) is 0 Å². The summed E-state index contributed by atoms with van der Waals surface area (Å²) in [4.78, 5) is 0. The molecule has 2 fully saturated rings. The van der Waals surface area contributed by atoms with Crippen molar-refractivity contribution >= 4 is 0 Å². The van der Waals surface area contributed by atoms with Crippen molar-refractivity contribution in [1.29, 1.82) is 0 Å². The monoisotopic (exact) mass is 156 g/mol. The standard InChI is InChI=1S/C9H16O2/c10-8-2-1-3-9(8)4-6-11-7-5-9/h8,10H,1-7H2. The molecule has 1 atom stereocenters. The highest BCUT2D eigenvalue weighted by atomic mass is 16.5. The SMILES string of the molecule is OC1CCCC12CCOCC2. The number of hydrogen-bond acceptors (Lipinski definition) is 2. The molecule has 0 aromatic carbocycles. The smallest absolute Gasteiger partial charge is 0.0598 e. The lowest BCUT2D eigenvalue weighted by atomic mass is 9.77. The molecule has 1 saturated carbocycles. The van der Waals surface area contributed by atoms with Crippen LogP contribution in [0, 0.1) is 5.41 Å². The Bertz CT molecular complexity index is 138. The van der Waals surface area contributed by atoms with Crippen LogP contribution in [0.4, 0.5) is 0 Å². The summed E-state index contributed by atoms with van der Waals surface area (Å²) in [7, 11) is 0. The fraction of sp³-hybridized carbons (Fsp3) is 1.00. The van der Waals surface area contributed by atoms with Gasteiger partial charge in [0.2, 0.25) is 0 Å². The van der Waals surface area contributed by atoms with Gasteiger partial charge in [0.15, 0.2) is 0 Å². The van der Waals surface area contributed by atoms with Crippen molar-refractivity contribution < 1.29 is 9.84 Å². The van der Waals surface area contributed by atoms with Gasteiger partial charge >= 0.3 is 0 Å². The van der Waals surface area contributed by atoms with Crippen LogP contribution in [0.5, 0.6) is 0 Å². The van der Waals surface area contributed by atoms with Gasteiger partial charge in [0, 0.05) is 18.6 Å². The van der Waals surface area contributed by atoms with Crippen molar-refractivity contribution in [3.05, 3.63) is 0 Å². The van der Waals surface area contributed by atoms with Gasteiger partial charge in [-0.25, -0.2) is 0 Å². The van der Waals surface area contributed by atoms with E-state index in [-0.39, 0.29) is 11.5 Å². The van der Waals surface area contributed by atoms with E-state index in [1.165, 1.54) is 12.8 Å². The van der Waals surface area contributed by atoms with Gasteiger partial charge in [-0.3, -0.25) is 0 Å². The first-order valence-corrected chi connectivity index (χ1v) is 4.59. The van der Waals surface area contributed by atoms with Crippen LogP contribution in [0.15, 0.2) is 0 Å². The van der Waals surface area contributed by atoms with Gasteiger partial charge in [-0.1, -0.05) is 6.42 Å². The van der Waals surface area contributed by atoms with Crippen LogP contribution in [0.2, 0.25) is 0 Å². The summed E-state index contributed by atoms with van der Waals surface area (Å²) in [6.07, 6.45) is 5.56. The predicted octanol–water partition coefficient (Wildman–Crippen LogP) is 1.33. The lowest BCUT2D eigenvalue weighted by Crippen LogP contribution is -2.36. The van der Waals surface area contributed by atoms with E-state index >= 15 is 0 Å². The van der Waals surface area contributed by atoms with E-state index in [9.17, 15) is 5.11 Å². The van der Waals surface area contributed by atoms with Crippen LogP contribution < -0.4 is 0 Å². The minimum Gasteiger partial charge on any atom is -0.393 e. The zero-order chi connectivity index (χ0) is 7.73. The van der Waals surface area contributed by atoms with Crippen molar-refractivity contribution in [2.45, 2.75) is 38.2 Å². The molecule has 0 bridgehead atoms. The maximum Gasteiger partial charge on any atom is 0.0598 e. The molecule has 1 N–H and O–H groups in total. The van der Waals surface area contributed by atoms with Gasteiger partial charge in [-0.15, -0.1) is 0 Å². The van der Waals surface area contributed by atoms with Crippen LogP contribution in [0.25, 0.3) is 0 Å². The van der Waals surface area contributed by atoms with Crippen molar-refractivity contribution in [2.75, 3.05) is 13.2 Å². The Morgan fingerprint density at radius 1 is 1.18 bits per heavy atom. The molecule has 2 aliphatic rings. The molecule has 0 amide bonds. The lowest BCUT2D eigenvalue weighted by Gasteiger charge is -2.36. The minimum atomic E-state index is -0.0357. The Kier molecular flexibility index (Phi) is 1.90. The first kappa shape index (κ1) is 7.56. The quantitative estimate of drug-likeness (QED) is 0.573. The van der Waals surface area contributed by atoms with E-state index in [1.807, 2.05) is 0 Å². The zero-order valence-corrected chi connectivity index (χ0v) is 6.88. The maximum atomic E-state index is 9.75. The number of aliphatic hydroxyl groups is 1. The number of rotatable bonds is 0. The average Bonchev–Trinajstić information content (AvgIpc) is 2.36. The molecule has 2 nitrogen and oxygen atoms in total. The summed E-state index contributed by atoms with van der Waals surface area (Å²) in [5, 5.41) is 9.75. The highest BCUT2D eigenvalue weighted by molar-refractivity contribution is 4.93. The van der Waals surface area contributed by atoms with Crippen LogP contribution >= 0.6 is 0 Å². The largest absolute Gasteiger partial charge is 0.393 e. The minimum absolute atomic E-state index is 0.0357. The van der Waals surface area contributed by atoms with Crippen LogP contribution in [0.3, 0.4) is 0 Å². The molecule has 2 rings (SSSR count). The molecular weight excluding hydrogens is 140 g/mol. The third-order valence-electron chi connectivity index (χ3n) is 3.35. The molecule has 1 aliphatic carbocycles. The topological polar surface area (TPSA) is 29.5 Å². The van der Waals surface area contributed by atoms with Gasteiger partial charge in [0.1, 0.15) is 0 Å². The fourth-order valence-electron chi connectivity index (χ4n) is 2.48. The second kappa shape index (κ2) is 2.76. The van der Waals surface area contributed by atoms with E-state index in [1.54, 1.807) is 0 Å². The molecule has 64 valence electrons. The third kappa shape index (κ3) is 1.18. The molecule has 2 heteroatoms. The Labute approximate surface area is 67.6 Å². The molecule has 1 saturated heterocycles. The summed E-state index contributed by atoms with van der Waals surface area (Å²) in [6.45, 7) is 1.72.